The number of carboxylic acid groups (broad SMARTS) is 1. The van der Waals surface area contributed by atoms with Crippen LogP contribution in [-0.4, -0.2) is 16.1 Å². The molecule has 86 valence electrons. The normalized spacial score (nSPS) is 9.88. The molecule has 2 aromatic rings. The van der Waals surface area contributed by atoms with Crippen molar-refractivity contribution in [1.82, 2.24) is 4.98 Å². The Balaban J connectivity index is 2.06. The zero-order valence-electron chi connectivity index (χ0n) is 9.04. The third-order valence-corrected chi connectivity index (χ3v) is 2.12. The van der Waals surface area contributed by atoms with Gasteiger partial charge < -0.3 is 9.84 Å². The minimum Gasteiger partial charge on any atom is -0.481 e. The van der Waals surface area contributed by atoms with Crippen molar-refractivity contribution in [2.75, 3.05) is 0 Å². The lowest BCUT2D eigenvalue weighted by Gasteiger charge is -2.04. The van der Waals surface area contributed by atoms with Crippen molar-refractivity contribution in [3.8, 4) is 11.6 Å². The summed E-state index contributed by atoms with van der Waals surface area (Å²) in [6, 6.07) is 12.6. The van der Waals surface area contributed by atoms with Gasteiger partial charge >= 0.3 is 5.97 Å². The lowest BCUT2D eigenvalue weighted by molar-refractivity contribution is -0.136. The molecule has 0 saturated carbocycles. The van der Waals surface area contributed by atoms with Gasteiger partial charge in [-0.3, -0.25) is 4.79 Å². The van der Waals surface area contributed by atoms with Crippen molar-refractivity contribution in [1.29, 1.82) is 0 Å². The Hall–Kier alpha value is -2.36. The molecule has 1 heterocycles. The number of benzene rings is 1. The minimum absolute atomic E-state index is 0.0291. The molecule has 0 atom stereocenters. The summed E-state index contributed by atoms with van der Waals surface area (Å²) >= 11 is 0. The summed E-state index contributed by atoms with van der Waals surface area (Å²) in [5.74, 6) is 0.278. The molecule has 0 bridgehead atoms. The third-order valence-electron chi connectivity index (χ3n) is 2.12. The van der Waals surface area contributed by atoms with E-state index in [1.54, 1.807) is 12.1 Å². The average molecular weight is 229 g/mol. The average Bonchev–Trinajstić information content (AvgIpc) is 2.32. The van der Waals surface area contributed by atoms with Crippen LogP contribution in [0.5, 0.6) is 11.6 Å². The summed E-state index contributed by atoms with van der Waals surface area (Å²) in [5, 5.41) is 8.61. The molecular formula is C13H11NO3. The molecule has 0 radical (unpaired) electrons. The van der Waals surface area contributed by atoms with Crippen LogP contribution in [0, 0.1) is 0 Å². The van der Waals surface area contributed by atoms with Crippen LogP contribution in [0.1, 0.15) is 5.56 Å². The Labute approximate surface area is 98.5 Å². The highest BCUT2D eigenvalue weighted by atomic mass is 16.5. The zero-order valence-corrected chi connectivity index (χ0v) is 9.04. The Kier molecular flexibility index (Phi) is 3.35. The van der Waals surface area contributed by atoms with Crippen molar-refractivity contribution >= 4 is 5.97 Å². The monoisotopic (exact) mass is 229 g/mol. The maximum absolute atomic E-state index is 10.5. The summed E-state index contributed by atoms with van der Waals surface area (Å²) in [5.41, 5.74) is 0.651. The fourth-order valence-electron chi connectivity index (χ4n) is 1.36. The fraction of sp³-hybridized carbons (Fsp3) is 0.0769. The predicted molar refractivity (Wildman–Crippen MR) is 62.1 cm³/mol. The molecule has 4 heteroatoms. The number of aliphatic carboxylic acids is 1. The van der Waals surface area contributed by atoms with Crippen LogP contribution >= 0.6 is 0 Å². The Bertz CT molecular complexity index is 494. The van der Waals surface area contributed by atoms with E-state index in [0.717, 1.165) is 0 Å². The highest BCUT2D eigenvalue weighted by molar-refractivity contribution is 5.70. The maximum Gasteiger partial charge on any atom is 0.307 e. The van der Waals surface area contributed by atoms with Crippen LogP contribution in [0.25, 0.3) is 0 Å². The molecule has 1 aromatic carbocycles. The standard InChI is InChI=1S/C13H11NO3/c15-13(16)8-10-6-7-12(14-9-10)17-11-4-2-1-3-5-11/h1-7,9H,8H2,(H,15,16). The van der Waals surface area contributed by atoms with Gasteiger partial charge in [0.05, 0.1) is 6.42 Å². The van der Waals surface area contributed by atoms with E-state index in [4.69, 9.17) is 9.84 Å². The van der Waals surface area contributed by atoms with E-state index in [0.29, 0.717) is 17.2 Å². The first-order valence-electron chi connectivity index (χ1n) is 5.13. The van der Waals surface area contributed by atoms with E-state index in [1.165, 1.54) is 6.20 Å². The number of carboxylic acids is 1. The van der Waals surface area contributed by atoms with Gasteiger partial charge in [0.1, 0.15) is 5.75 Å². The van der Waals surface area contributed by atoms with Gasteiger partial charge in [0, 0.05) is 12.3 Å². The summed E-state index contributed by atoms with van der Waals surface area (Å²) in [7, 11) is 0. The number of ether oxygens (including phenoxy) is 1. The van der Waals surface area contributed by atoms with Gasteiger partial charge in [0.25, 0.3) is 0 Å². The number of carbonyl (C=O) groups is 1. The van der Waals surface area contributed by atoms with Crippen LogP contribution < -0.4 is 4.74 Å². The molecule has 0 amide bonds. The summed E-state index contributed by atoms with van der Waals surface area (Å²) in [4.78, 5) is 14.5. The van der Waals surface area contributed by atoms with Gasteiger partial charge in [-0.1, -0.05) is 24.3 Å². The van der Waals surface area contributed by atoms with Gasteiger partial charge in [-0.25, -0.2) is 4.98 Å². The van der Waals surface area contributed by atoms with Gasteiger partial charge in [0.15, 0.2) is 0 Å². The number of hydrogen-bond donors (Lipinski definition) is 1. The first-order valence-corrected chi connectivity index (χ1v) is 5.13. The van der Waals surface area contributed by atoms with Gasteiger partial charge in [-0.2, -0.15) is 0 Å². The molecule has 1 aromatic heterocycles. The number of hydrogen-bond acceptors (Lipinski definition) is 3. The summed E-state index contributed by atoms with van der Waals surface area (Å²) in [6.45, 7) is 0. The molecule has 2 rings (SSSR count). The lowest BCUT2D eigenvalue weighted by Crippen LogP contribution is -2.00. The SMILES string of the molecule is O=C(O)Cc1ccc(Oc2ccccc2)nc1. The first-order chi connectivity index (χ1) is 8.24. The number of pyridine rings is 1. The number of aromatic nitrogens is 1. The van der Waals surface area contributed by atoms with Crippen molar-refractivity contribution < 1.29 is 14.6 Å². The van der Waals surface area contributed by atoms with Crippen LogP contribution in [0.15, 0.2) is 48.7 Å². The summed E-state index contributed by atoms with van der Waals surface area (Å²) in [6.07, 6.45) is 1.48. The molecule has 0 spiro atoms. The van der Waals surface area contributed by atoms with Gasteiger partial charge in [-0.15, -0.1) is 0 Å². The predicted octanol–water partition coefficient (Wildman–Crippen LogP) is 2.50. The maximum atomic E-state index is 10.5. The molecule has 0 fully saturated rings. The molecule has 0 unspecified atom stereocenters. The molecule has 17 heavy (non-hydrogen) atoms. The van der Waals surface area contributed by atoms with E-state index in [9.17, 15) is 4.79 Å². The van der Waals surface area contributed by atoms with Crippen LogP contribution in [-0.2, 0) is 11.2 Å². The van der Waals surface area contributed by atoms with E-state index in [1.807, 2.05) is 30.3 Å². The molecule has 1 N–H and O–H groups in total. The van der Waals surface area contributed by atoms with Crippen molar-refractivity contribution in [2.45, 2.75) is 6.42 Å². The fourth-order valence-corrected chi connectivity index (χ4v) is 1.36. The van der Waals surface area contributed by atoms with Crippen LogP contribution in [0.2, 0.25) is 0 Å². The second-order valence-electron chi connectivity index (χ2n) is 3.49. The minimum atomic E-state index is -0.872. The van der Waals surface area contributed by atoms with Crippen molar-refractivity contribution in [3.63, 3.8) is 0 Å². The molecule has 0 aliphatic carbocycles. The van der Waals surface area contributed by atoms with E-state index >= 15 is 0 Å². The van der Waals surface area contributed by atoms with Crippen LogP contribution in [0.4, 0.5) is 0 Å². The number of nitrogens with zero attached hydrogens (tertiary/aromatic N) is 1. The second-order valence-corrected chi connectivity index (χ2v) is 3.49. The number of para-hydroxylation sites is 1. The smallest absolute Gasteiger partial charge is 0.307 e. The Morgan fingerprint density at radius 1 is 1.18 bits per heavy atom. The largest absolute Gasteiger partial charge is 0.481 e. The third kappa shape index (κ3) is 3.31. The Morgan fingerprint density at radius 2 is 1.94 bits per heavy atom. The van der Waals surface area contributed by atoms with Crippen molar-refractivity contribution in [3.05, 3.63) is 54.2 Å². The lowest BCUT2D eigenvalue weighted by atomic mass is 10.2. The van der Waals surface area contributed by atoms with E-state index in [-0.39, 0.29) is 6.42 Å². The van der Waals surface area contributed by atoms with Gasteiger partial charge in [-0.05, 0) is 17.7 Å². The molecular weight excluding hydrogens is 218 g/mol. The quantitative estimate of drug-likeness (QED) is 0.875. The molecule has 0 saturated heterocycles. The highest BCUT2D eigenvalue weighted by Crippen LogP contribution is 2.18. The van der Waals surface area contributed by atoms with Gasteiger partial charge in [0.2, 0.25) is 5.88 Å². The summed E-state index contributed by atoms with van der Waals surface area (Å²) < 4.78 is 5.48. The Morgan fingerprint density at radius 3 is 2.53 bits per heavy atom. The zero-order chi connectivity index (χ0) is 12.1. The van der Waals surface area contributed by atoms with Crippen LogP contribution in [0.3, 0.4) is 0 Å². The number of rotatable bonds is 4. The molecule has 4 nitrogen and oxygen atoms in total. The molecule has 0 aliphatic heterocycles. The van der Waals surface area contributed by atoms with Crippen molar-refractivity contribution in [2.24, 2.45) is 0 Å². The van der Waals surface area contributed by atoms with E-state index in [2.05, 4.69) is 4.98 Å². The second kappa shape index (κ2) is 5.12. The highest BCUT2D eigenvalue weighted by Gasteiger charge is 2.02. The topological polar surface area (TPSA) is 59.4 Å². The molecule has 0 aliphatic rings. The van der Waals surface area contributed by atoms with E-state index < -0.39 is 5.97 Å². The first kappa shape index (κ1) is 11.1.